The smallest absolute Gasteiger partial charge is 0.170 e. The largest absolute Gasteiger partial charge is 0.496 e. The van der Waals surface area contributed by atoms with Gasteiger partial charge in [-0.15, -0.1) is 19.4 Å². The SMILES string of the molecule is COc1cccc(P)c1CNc1ccc(-c2ccncc2C)c2nncn12. The molecule has 1 atom stereocenters. The van der Waals surface area contributed by atoms with Gasteiger partial charge in [0.1, 0.15) is 17.9 Å². The standard InChI is InChI=1S/C20H20N5OP/c1-13-10-21-9-8-14(13)15-6-7-19(25-12-23-24-20(15)25)22-11-16-17(26-2)4-3-5-18(16)27/h3-10,12,22H,11,27H2,1-2H3. The molecule has 3 heterocycles. The Bertz CT molecular complexity index is 1110. The molecule has 27 heavy (non-hydrogen) atoms. The molecule has 0 radical (unpaired) electrons. The fraction of sp³-hybridized carbons (Fsp3) is 0.150. The number of hydrogen-bond donors (Lipinski definition) is 1. The van der Waals surface area contributed by atoms with Gasteiger partial charge in [0.25, 0.3) is 0 Å². The quantitative estimate of drug-likeness (QED) is 0.541. The first-order chi connectivity index (χ1) is 13.2. The Kier molecular flexibility index (Phi) is 4.73. The van der Waals surface area contributed by atoms with Gasteiger partial charge in [0.2, 0.25) is 0 Å². The Labute approximate surface area is 159 Å². The lowest BCUT2D eigenvalue weighted by Crippen LogP contribution is -2.11. The molecule has 0 fully saturated rings. The second kappa shape index (κ2) is 7.33. The number of anilines is 1. The van der Waals surface area contributed by atoms with E-state index in [1.807, 2.05) is 47.9 Å². The summed E-state index contributed by atoms with van der Waals surface area (Å²) in [5.41, 5.74) is 5.14. The molecule has 1 N–H and O–H groups in total. The first-order valence-corrected chi connectivity index (χ1v) is 9.15. The van der Waals surface area contributed by atoms with Crippen LogP contribution in [0, 0.1) is 6.92 Å². The summed E-state index contributed by atoms with van der Waals surface area (Å²) < 4.78 is 7.45. The maximum atomic E-state index is 5.49. The molecule has 1 unspecified atom stereocenters. The molecular formula is C20H20N5OP. The summed E-state index contributed by atoms with van der Waals surface area (Å²) in [6.07, 6.45) is 5.38. The summed E-state index contributed by atoms with van der Waals surface area (Å²) in [6.45, 7) is 2.67. The zero-order valence-electron chi connectivity index (χ0n) is 15.2. The van der Waals surface area contributed by atoms with Crippen LogP contribution in [0.25, 0.3) is 16.8 Å². The predicted octanol–water partition coefficient (Wildman–Crippen LogP) is 3.22. The van der Waals surface area contributed by atoms with Crippen molar-refractivity contribution in [2.24, 2.45) is 0 Å². The van der Waals surface area contributed by atoms with Crippen molar-refractivity contribution >= 4 is 26.0 Å². The first kappa shape index (κ1) is 17.4. The van der Waals surface area contributed by atoms with Gasteiger partial charge in [0.05, 0.1) is 7.11 Å². The van der Waals surface area contributed by atoms with E-state index in [1.165, 1.54) is 0 Å². The van der Waals surface area contributed by atoms with Gasteiger partial charge in [-0.05, 0) is 47.6 Å². The Morgan fingerprint density at radius 2 is 2.04 bits per heavy atom. The van der Waals surface area contributed by atoms with Gasteiger partial charge < -0.3 is 10.1 Å². The second-order valence-electron chi connectivity index (χ2n) is 6.23. The minimum Gasteiger partial charge on any atom is -0.496 e. The van der Waals surface area contributed by atoms with E-state index in [4.69, 9.17) is 4.74 Å². The van der Waals surface area contributed by atoms with E-state index in [0.717, 1.165) is 44.8 Å². The van der Waals surface area contributed by atoms with Gasteiger partial charge in [-0.2, -0.15) is 0 Å². The highest BCUT2D eigenvalue weighted by molar-refractivity contribution is 7.27. The maximum Gasteiger partial charge on any atom is 0.170 e. The molecule has 0 bridgehead atoms. The fourth-order valence-corrected chi connectivity index (χ4v) is 3.54. The van der Waals surface area contributed by atoms with Crippen molar-refractivity contribution in [2.45, 2.75) is 13.5 Å². The minimum absolute atomic E-state index is 0.629. The molecule has 0 amide bonds. The molecule has 6 nitrogen and oxygen atoms in total. The van der Waals surface area contributed by atoms with Crippen molar-refractivity contribution in [3.63, 3.8) is 0 Å². The van der Waals surface area contributed by atoms with Crippen LogP contribution < -0.4 is 15.4 Å². The van der Waals surface area contributed by atoms with Crippen LogP contribution in [0.5, 0.6) is 5.75 Å². The molecule has 4 aromatic rings. The summed E-state index contributed by atoms with van der Waals surface area (Å²) in [5.74, 6) is 1.78. The van der Waals surface area contributed by atoms with E-state index < -0.39 is 0 Å². The topological polar surface area (TPSA) is 64.3 Å². The van der Waals surface area contributed by atoms with E-state index in [0.29, 0.717) is 6.54 Å². The summed E-state index contributed by atoms with van der Waals surface area (Å²) >= 11 is 0. The van der Waals surface area contributed by atoms with Gasteiger partial charge in [-0.1, -0.05) is 12.1 Å². The molecule has 0 saturated heterocycles. The number of pyridine rings is 2. The van der Waals surface area contributed by atoms with E-state index in [2.05, 4.69) is 35.8 Å². The van der Waals surface area contributed by atoms with E-state index in [-0.39, 0.29) is 0 Å². The molecule has 3 aromatic heterocycles. The van der Waals surface area contributed by atoms with Gasteiger partial charge in [0, 0.05) is 30.1 Å². The third-order valence-corrected chi connectivity index (χ3v) is 5.14. The molecule has 0 saturated carbocycles. The summed E-state index contributed by atoms with van der Waals surface area (Å²) in [5, 5.41) is 13.0. The predicted molar refractivity (Wildman–Crippen MR) is 111 cm³/mol. The van der Waals surface area contributed by atoms with Crippen molar-refractivity contribution in [2.75, 3.05) is 12.4 Å². The number of rotatable bonds is 5. The lowest BCUT2D eigenvalue weighted by Gasteiger charge is -2.15. The lowest BCUT2D eigenvalue weighted by molar-refractivity contribution is 0.411. The average Bonchev–Trinajstić information content (AvgIpc) is 3.17. The van der Waals surface area contributed by atoms with Crippen LogP contribution in [0.3, 0.4) is 0 Å². The van der Waals surface area contributed by atoms with Gasteiger partial charge in [-0.25, -0.2) is 0 Å². The van der Waals surface area contributed by atoms with Crippen molar-refractivity contribution in [3.8, 4) is 16.9 Å². The van der Waals surface area contributed by atoms with Crippen LogP contribution in [-0.4, -0.2) is 26.7 Å². The highest BCUT2D eigenvalue weighted by Gasteiger charge is 2.12. The highest BCUT2D eigenvalue weighted by atomic mass is 31.0. The summed E-state index contributed by atoms with van der Waals surface area (Å²) in [4.78, 5) is 4.17. The molecule has 0 aliphatic carbocycles. The first-order valence-electron chi connectivity index (χ1n) is 8.58. The number of aromatic nitrogens is 4. The van der Waals surface area contributed by atoms with Crippen LogP contribution in [-0.2, 0) is 6.54 Å². The number of benzene rings is 1. The summed E-state index contributed by atoms with van der Waals surface area (Å²) in [7, 11) is 4.44. The Morgan fingerprint density at radius 3 is 2.85 bits per heavy atom. The zero-order valence-corrected chi connectivity index (χ0v) is 16.3. The molecular weight excluding hydrogens is 357 g/mol. The maximum absolute atomic E-state index is 5.49. The Balaban J connectivity index is 1.70. The van der Waals surface area contributed by atoms with Gasteiger partial charge in [-0.3, -0.25) is 9.38 Å². The fourth-order valence-electron chi connectivity index (χ4n) is 3.18. The number of ether oxygens (including phenoxy) is 1. The minimum atomic E-state index is 0.629. The zero-order chi connectivity index (χ0) is 18.8. The van der Waals surface area contributed by atoms with Crippen LogP contribution in [0.4, 0.5) is 5.82 Å². The molecule has 4 rings (SSSR count). The van der Waals surface area contributed by atoms with E-state index >= 15 is 0 Å². The molecule has 0 spiro atoms. The highest BCUT2D eigenvalue weighted by Crippen LogP contribution is 2.28. The van der Waals surface area contributed by atoms with Crippen molar-refractivity contribution in [1.82, 2.24) is 19.6 Å². The van der Waals surface area contributed by atoms with Crippen LogP contribution >= 0.6 is 9.24 Å². The number of nitrogens with zero attached hydrogens (tertiary/aromatic N) is 4. The van der Waals surface area contributed by atoms with Crippen LogP contribution in [0.1, 0.15) is 11.1 Å². The number of hydrogen-bond acceptors (Lipinski definition) is 5. The molecule has 0 aliphatic heterocycles. The van der Waals surface area contributed by atoms with Crippen LogP contribution in [0.15, 0.2) is 55.1 Å². The van der Waals surface area contributed by atoms with Gasteiger partial charge in [0.15, 0.2) is 5.65 Å². The Morgan fingerprint density at radius 1 is 1.15 bits per heavy atom. The van der Waals surface area contributed by atoms with Crippen molar-refractivity contribution < 1.29 is 4.74 Å². The molecule has 0 aliphatic rings. The third kappa shape index (κ3) is 3.24. The second-order valence-corrected chi connectivity index (χ2v) is 6.85. The monoisotopic (exact) mass is 377 g/mol. The molecule has 7 heteroatoms. The average molecular weight is 377 g/mol. The third-order valence-electron chi connectivity index (χ3n) is 4.60. The number of fused-ring (bicyclic) bond motifs is 1. The lowest BCUT2D eigenvalue weighted by atomic mass is 10.0. The number of methoxy groups -OCH3 is 1. The normalized spacial score (nSPS) is 10.9. The molecule has 136 valence electrons. The van der Waals surface area contributed by atoms with Crippen molar-refractivity contribution in [1.29, 1.82) is 0 Å². The van der Waals surface area contributed by atoms with E-state index in [1.54, 1.807) is 19.6 Å². The van der Waals surface area contributed by atoms with Crippen LogP contribution in [0.2, 0.25) is 0 Å². The van der Waals surface area contributed by atoms with Gasteiger partial charge >= 0.3 is 0 Å². The Hall–Kier alpha value is -2.98. The van der Waals surface area contributed by atoms with Crippen molar-refractivity contribution in [3.05, 3.63) is 66.2 Å². The summed E-state index contributed by atoms with van der Waals surface area (Å²) in [6, 6.07) is 12.1. The number of aryl methyl sites for hydroxylation is 1. The number of nitrogens with one attached hydrogen (secondary N) is 1. The van der Waals surface area contributed by atoms with E-state index in [9.17, 15) is 0 Å². The molecule has 1 aromatic carbocycles.